The van der Waals surface area contributed by atoms with Crippen LogP contribution in [0.3, 0.4) is 0 Å². The van der Waals surface area contributed by atoms with Crippen molar-refractivity contribution in [3.63, 3.8) is 0 Å². The van der Waals surface area contributed by atoms with Crippen LogP contribution in [0.1, 0.15) is 51.4 Å². The smallest absolute Gasteiger partial charge is 0.394 e. The van der Waals surface area contributed by atoms with Crippen LogP contribution < -0.4 is 0 Å². The maximum atomic E-state index is 10.2. The molecule has 0 aliphatic carbocycles. The van der Waals surface area contributed by atoms with E-state index in [0.29, 0.717) is 6.42 Å². The Hall–Kier alpha value is -0.920. The van der Waals surface area contributed by atoms with Crippen LogP contribution in [-0.2, 0) is 15.2 Å². The summed E-state index contributed by atoms with van der Waals surface area (Å²) in [7, 11) is -4.67. The molecule has 108 valence electrons. The van der Waals surface area contributed by atoms with Gasteiger partial charge >= 0.3 is 16.4 Å². The van der Waals surface area contributed by atoms with E-state index in [1.807, 2.05) is 6.08 Å². The van der Waals surface area contributed by atoms with Gasteiger partial charge in [0, 0.05) is 6.42 Å². The van der Waals surface area contributed by atoms with Crippen LogP contribution in [-0.4, -0.2) is 28.6 Å². The third kappa shape index (κ3) is 36.3. The van der Waals surface area contributed by atoms with E-state index in [1.54, 1.807) is 0 Å². The van der Waals surface area contributed by atoms with Gasteiger partial charge in [-0.15, -0.1) is 6.58 Å². The summed E-state index contributed by atoms with van der Waals surface area (Å²) in [4.78, 5) is 10.2. The molecule has 0 aliphatic rings. The van der Waals surface area contributed by atoms with Crippen LogP contribution >= 0.6 is 0 Å². The standard InChI is InChI=1S/C11H20O2.H2O4S/c1-2-3-4-5-6-7-8-9-10-11(12)13;1-5(2,3)4/h2H,1,3-10H2,(H,12,13);(H2,1,2,3,4). The Bertz CT molecular complexity index is 301. The highest BCUT2D eigenvalue weighted by Crippen LogP contribution is 2.08. The van der Waals surface area contributed by atoms with Gasteiger partial charge in [0.05, 0.1) is 0 Å². The monoisotopic (exact) mass is 282 g/mol. The average Bonchev–Trinajstić information content (AvgIpc) is 2.19. The Labute approximate surface area is 108 Å². The molecule has 0 fully saturated rings. The number of aliphatic carboxylic acids is 1. The van der Waals surface area contributed by atoms with Gasteiger partial charge in [0.1, 0.15) is 0 Å². The second-order valence-electron chi connectivity index (χ2n) is 3.79. The predicted molar refractivity (Wildman–Crippen MR) is 68.9 cm³/mol. The highest BCUT2D eigenvalue weighted by Gasteiger charge is 1.95. The van der Waals surface area contributed by atoms with Crippen molar-refractivity contribution in [2.45, 2.75) is 51.4 Å². The van der Waals surface area contributed by atoms with Crippen LogP contribution in [0.2, 0.25) is 0 Å². The molecule has 0 aliphatic heterocycles. The van der Waals surface area contributed by atoms with E-state index in [1.165, 1.54) is 25.7 Å². The molecular formula is C11H22O6S. The number of carboxylic acid groups (broad SMARTS) is 1. The summed E-state index contributed by atoms with van der Waals surface area (Å²) in [6, 6.07) is 0. The number of allylic oxidation sites excluding steroid dienone is 1. The van der Waals surface area contributed by atoms with Gasteiger partial charge in [-0.05, 0) is 19.3 Å². The molecule has 18 heavy (non-hydrogen) atoms. The summed E-state index contributed by atoms with van der Waals surface area (Å²) in [5.74, 6) is -0.674. The van der Waals surface area contributed by atoms with Crippen LogP contribution in [0.4, 0.5) is 0 Å². The van der Waals surface area contributed by atoms with Crippen molar-refractivity contribution in [1.82, 2.24) is 0 Å². The lowest BCUT2D eigenvalue weighted by molar-refractivity contribution is -0.137. The molecule has 7 heteroatoms. The van der Waals surface area contributed by atoms with Gasteiger partial charge in [0.2, 0.25) is 0 Å². The molecule has 0 aromatic carbocycles. The first kappa shape index (κ1) is 19.4. The van der Waals surface area contributed by atoms with Gasteiger partial charge in [-0.25, -0.2) is 0 Å². The molecule has 0 aromatic rings. The fraction of sp³-hybridized carbons (Fsp3) is 0.727. The second-order valence-corrected chi connectivity index (χ2v) is 4.69. The lowest BCUT2D eigenvalue weighted by Gasteiger charge is -1.98. The third-order valence-electron chi connectivity index (χ3n) is 2.05. The van der Waals surface area contributed by atoms with E-state index < -0.39 is 16.4 Å². The van der Waals surface area contributed by atoms with Crippen molar-refractivity contribution in [3.8, 4) is 0 Å². The Balaban J connectivity index is 0. The molecule has 0 heterocycles. The number of hydrogen-bond donors (Lipinski definition) is 3. The van der Waals surface area contributed by atoms with Gasteiger partial charge < -0.3 is 5.11 Å². The topological polar surface area (TPSA) is 112 Å². The highest BCUT2D eigenvalue weighted by atomic mass is 32.3. The van der Waals surface area contributed by atoms with E-state index in [0.717, 1.165) is 19.3 Å². The number of carbonyl (C=O) groups is 1. The molecule has 0 aromatic heterocycles. The van der Waals surface area contributed by atoms with E-state index in [4.69, 9.17) is 22.6 Å². The Kier molecular flexibility index (Phi) is 13.5. The van der Waals surface area contributed by atoms with Gasteiger partial charge in [-0.3, -0.25) is 13.9 Å². The van der Waals surface area contributed by atoms with Gasteiger partial charge in [-0.1, -0.05) is 31.8 Å². The Morgan fingerprint density at radius 2 is 1.39 bits per heavy atom. The Morgan fingerprint density at radius 1 is 1.00 bits per heavy atom. The minimum absolute atomic E-state index is 0.326. The molecule has 0 radical (unpaired) electrons. The zero-order chi connectivity index (χ0) is 14.4. The maximum absolute atomic E-state index is 10.2. The lowest BCUT2D eigenvalue weighted by atomic mass is 10.1. The van der Waals surface area contributed by atoms with Crippen LogP contribution in [0, 0.1) is 0 Å². The minimum Gasteiger partial charge on any atom is -0.481 e. The number of hydrogen-bond acceptors (Lipinski definition) is 3. The van der Waals surface area contributed by atoms with E-state index in [2.05, 4.69) is 6.58 Å². The summed E-state index contributed by atoms with van der Waals surface area (Å²) >= 11 is 0. The molecule has 0 atom stereocenters. The molecule has 0 spiro atoms. The van der Waals surface area contributed by atoms with Crippen molar-refractivity contribution in [1.29, 1.82) is 0 Å². The predicted octanol–water partition coefficient (Wildman–Crippen LogP) is 2.72. The van der Waals surface area contributed by atoms with Gasteiger partial charge in [0.15, 0.2) is 0 Å². The molecule has 0 amide bonds. The van der Waals surface area contributed by atoms with Crippen molar-refractivity contribution in [2.75, 3.05) is 0 Å². The molecule has 0 bridgehead atoms. The number of carboxylic acids is 1. The van der Waals surface area contributed by atoms with Crippen molar-refractivity contribution in [3.05, 3.63) is 12.7 Å². The molecule has 0 saturated heterocycles. The van der Waals surface area contributed by atoms with E-state index in [-0.39, 0.29) is 0 Å². The quantitative estimate of drug-likeness (QED) is 0.340. The molecule has 0 rings (SSSR count). The normalized spacial score (nSPS) is 10.3. The molecule has 6 nitrogen and oxygen atoms in total. The fourth-order valence-electron chi connectivity index (χ4n) is 1.27. The van der Waals surface area contributed by atoms with Crippen molar-refractivity contribution < 1.29 is 27.4 Å². The average molecular weight is 282 g/mol. The SMILES string of the molecule is C=CCCCCCCCCC(=O)O.O=S(=O)(O)O. The van der Waals surface area contributed by atoms with Gasteiger partial charge in [-0.2, -0.15) is 8.42 Å². The van der Waals surface area contributed by atoms with E-state index >= 15 is 0 Å². The van der Waals surface area contributed by atoms with Crippen LogP contribution in [0.25, 0.3) is 0 Å². The van der Waals surface area contributed by atoms with Crippen molar-refractivity contribution in [2.24, 2.45) is 0 Å². The van der Waals surface area contributed by atoms with Crippen LogP contribution in [0.5, 0.6) is 0 Å². The van der Waals surface area contributed by atoms with E-state index in [9.17, 15) is 4.79 Å². The maximum Gasteiger partial charge on any atom is 0.394 e. The summed E-state index contributed by atoms with van der Waals surface area (Å²) in [5, 5.41) is 8.38. The minimum atomic E-state index is -4.67. The zero-order valence-corrected chi connectivity index (χ0v) is 11.2. The van der Waals surface area contributed by atoms with Crippen molar-refractivity contribution >= 4 is 16.4 Å². The Morgan fingerprint density at radius 3 is 1.78 bits per heavy atom. The molecule has 0 unspecified atom stereocenters. The van der Waals surface area contributed by atoms with Gasteiger partial charge in [0.25, 0.3) is 0 Å². The lowest BCUT2D eigenvalue weighted by Crippen LogP contribution is -1.93. The first-order chi connectivity index (χ1) is 8.27. The second kappa shape index (κ2) is 12.5. The molecule has 0 saturated carbocycles. The summed E-state index contributed by atoms with van der Waals surface area (Å²) in [6.07, 6.45) is 10.1. The summed E-state index contributed by atoms with van der Waals surface area (Å²) in [5.41, 5.74) is 0. The highest BCUT2D eigenvalue weighted by molar-refractivity contribution is 7.79. The zero-order valence-electron chi connectivity index (χ0n) is 10.4. The fourth-order valence-corrected chi connectivity index (χ4v) is 1.27. The van der Waals surface area contributed by atoms with Crippen LogP contribution in [0.15, 0.2) is 12.7 Å². The first-order valence-electron chi connectivity index (χ1n) is 5.80. The largest absolute Gasteiger partial charge is 0.481 e. The first-order valence-corrected chi connectivity index (χ1v) is 7.19. The molecule has 3 N–H and O–H groups in total. The molecular weight excluding hydrogens is 260 g/mol. The summed E-state index contributed by atoms with van der Waals surface area (Å²) in [6.45, 7) is 3.66. The number of unbranched alkanes of at least 4 members (excludes halogenated alkanes) is 6. The summed E-state index contributed by atoms with van der Waals surface area (Å²) < 4.78 is 31.6. The third-order valence-corrected chi connectivity index (χ3v) is 2.05. The number of rotatable bonds is 9.